The van der Waals surface area contributed by atoms with Gasteiger partial charge < -0.3 is 10.1 Å². The first-order valence-electron chi connectivity index (χ1n) is 5.54. The van der Waals surface area contributed by atoms with Gasteiger partial charge in [0.2, 0.25) is 0 Å². The number of nitrogens with one attached hydrogen (secondary N) is 1. The first kappa shape index (κ1) is 11.0. The van der Waals surface area contributed by atoms with Crippen molar-refractivity contribution in [2.45, 2.75) is 52.2 Å². The van der Waals surface area contributed by atoms with Gasteiger partial charge in [0.15, 0.2) is 0 Å². The molecule has 0 spiro atoms. The minimum atomic E-state index is 0.408. The van der Waals surface area contributed by atoms with E-state index in [1.807, 2.05) is 0 Å². The van der Waals surface area contributed by atoms with Crippen LogP contribution in [0, 0.1) is 5.41 Å². The van der Waals surface area contributed by atoms with Crippen molar-refractivity contribution in [2.75, 3.05) is 13.7 Å². The second kappa shape index (κ2) is 4.43. The number of rotatable bonds is 5. The molecule has 2 atom stereocenters. The van der Waals surface area contributed by atoms with Crippen molar-refractivity contribution in [1.29, 1.82) is 0 Å². The van der Waals surface area contributed by atoms with Crippen molar-refractivity contribution in [3.05, 3.63) is 0 Å². The van der Waals surface area contributed by atoms with Crippen LogP contribution in [0.15, 0.2) is 0 Å². The normalized spacial score (nSPS) is 31.4. The Labute approximate surface area is 82.0 Å². The third-order valence-electron chi connectivity index (χ3n) is 3.82. The summed E-state index contributed by atoms with van der Waals surface area (Å²) in [4.78, 5) is 0. The summed E-state index contributed by atoms with van der Waals surface area (Å²) < 4.78 is 5.77. The number of hydrogen-bond donors (Lipinski definition) is 1. The van der Waals surface area contributed by atoms with Crippen molar-refractivity contribution >= 4 is 0 Å². The van der Waals surface area contributed by atoms with Crippen LogP contribution in [0.25, 0.3) is 0 Å². The summed E-state index contributed by atoms with van der Waals surface area (Å²) in [5.41, 5.74) is 0.408. The van der Waals surface area contributed by atoms with Gasteiger partial charge in [-0.3, -0.25) is 0 Å². The van der Waals surface area contributed by atoms with Gasteiger partial charge in [-0.2, -0.15) is 0 Å². The Morgan fingerprint density at radius 3 is 2.31 bits per heavy atom. The highest BCUT2D eigenvalue weighted by atomic mass is 16.5. The van der Waals surface area contributed by atoms with Gasteiger partial charge in [0.1, 0.15) is 0 Å². The lowest BCUT2D eigenvalue weighted by molar-refractivity contribution is -0.136. The Kier molecular flexibility index (Phi) is 3.74. The van der Waals surface area contributed by atoms with E-state index < -0.39 is 0 Å². The molecule has 13 heavy (non-hydrogen) atoms. The summed E-state index contributed by atoms with van der Waals surface area (Å²) in [7, 11) is 2.06. The highest BCUT2D eigenvalue weighted by molar-refractivity contribution is 5.06. The molecule has 1 rings (SSSR count). The smallest absolute Gasteiger partial charge is 0.0660 e. The van der Waals surface area contributed by atoms with Gasteiger partial charge in [-0.15, -0.1) is 0 Å². The Bertz CT molecular complexity index is 154. The van der Waals surface area contributed by atoms with E-state index in [0.29, 0.717) is 17.6 Å². The van der Waals surface area contributed by atoms with E-state index in [0.717, 1.165) is 6.61 Å². The molecular weight excluding hydrogens is 162 g/mol. The molecule has 78 valence electrons. The van der Waals surface area contributed by atoms with Crippen molar-refractivity contribution < 1.29 is 4.74 Å². The Morgan fingerprint density at radius 1 is 1.31 bits per heavy atom. The molecular formula is C11H23NO. The maximum atomic E-state index is 5.77. The van der Waals surface area contributed by atoms with Gasteiger partial charge in [-0.05, 0) is 33.2 Å². The van der Waals surface area contributed by atoms with Crippen LogP contribution < -0.4 is 5.32 Å². The molecule has 0 unspecified atom stereocenters. The molecule has 0 saturated heterocycles. The zero-order chi connectivity index (χ0) is 9.90. The summed E-state index contributed by atoms with van der Waals surface area (Å²) in [6, 6.07) is 0.666. The molecule has 1 aliphatic rings. The maximum absolute atomic E-state index is 5.77. The van der Waals surface area contributed by atoms with Crippen LogP contribution in [-0.4, -0.2) is 25.8 Å². The molecule has 2 heteroatoms. The molecule has 1 saturated carbocycles. The molecule has 0 aliphatic heterocycles. The molecule has 1 aliphatic carbocycles. The van der Waals surface area contributed by atoms with Crippen LogP contribution in [-0.2, 0) is 4.74 Å². The Hall–Kier alpha value is -0.0800. The summed E-state index contributed by atoms with van der Waals surface area (Å²) in [6.07, 6.45) is 4.12. The summed E-state index contributed by atoms with van der Waals surface area (Å²) in [5, 5.41) is 3.40. The zero-order valence-corrected chi connectivity index (χ0v) is 9.39. The maximum Gasteiger partial charge on any atom is 0.0660 e. The van der Waals surface area contributed by atoms with Crippen molar-refractivity contribution in [1.82, 2.24) is 5.32 Å². The van der Waals surface area contributed by atoms with E-state index in [4.69, 9.17) is 4.74 Å². The lowest BCUT2D eigenvalue weighted by Crippen LogP contribution is -2.62. The highest BCUT2D eigenvalue weighted by Gasteiger charge is 2.52. The quantitative estimate of drug-likeness (QED) is 0.709. The van der Waals surface area contributed by atoms with Gasteiger partial charge in [0.05, 0.1) is 6.10 Å². The fourth-order valence-electron chi connectivity index (χ4n) is 2.79. The molecule has 2 nitrogen and oxygen atoms in total. The molecule has 0 radical (unpaired) electrons. The molecule has 0 heterocycles. The number of ether oxygens (including phenoxy) is 1. The Morgan fingerprint density at radius 2 is 1.92 bits per heavy atom. The van der Waals surface area contributed by atoms with E-state index in [9.17, 15) is 0 Å². The summed E-state index contributed by atoms with van der Waals surface area (Å²) >= 11 is 0. The average molecular weight is 185 g/mol. The van der Waals surface area contributed by atoms with Gasteiger partial charge in [-0.1, -0.05) is 13.8 Å². The van der Waals surface area contributed by atoms with Gasteiger partial charge in [0, 0.05) is 18.1 Å². The molecule has 0 aromatic rings. The first-order chi connectivity index (χ1) is 6.25. The van der Waals surface area contributed by atoms with Crippen molar-refractivity contribution in [3.8, 4) is 0 Å². The second-order valence-electron chi connectivity index (χ2n) is 3.96. The Balaban J connectivity index is 2.61. The number of hydrogen-bond acceptors (Lipinski definition) is 2. The minimum Gasteiger partial charge on any atom is -0.378 e. The van der Waals surface area contributed by atoms with Crippen molar-refractivity contribution in [2.24, 2.45) is 5.41 Å². The van der Waals surface area contributed by atoms with Crippen LogP contribution in [0.2, 0.25) is 0 Å². The third kappa shape index (κ3) is 1.62. The molecule has 0 aromatic carbocycles. The highest BCUT2D eigenvalue weighted by Crippen LogP contribution is 2.48. The topological polar surface area (TPSA) is 21.3 Å². The van der Waals surface area contributed by atoms with Gasteiger partial charge in [-0.25, -0.2) is 0 Å². The van der Waals surface area contributed by atoms with E-state index in [1.54, 1.807) is 0 Å². The van der Waals surface area contributed by atoms with Gasteiger partial charge in [0.25, 0.3) is 0 Å². The molecule has 0 bridgehead atoms. The van der Waals surface area contributed by atoms with Crippen molar-refractivity contribution in [3.63, 3.8) is 0 Å². The molecule has 0 aromatic heterocycles. The predicted molar refractivity (Wildman–Crippen MR) is 55.9 cm³/mol. The fourth-order valence-corrected chi connectivity index (χ4v) is 2.79. The zero-order valence-electron chi connectivity index (χ0n) is 9.39. The van der Waals surface area contributed by atoms with Crippen LogP contribution in [0.4, 0.5) is 0 Å². The predicted octanol–water partition coefficient (Wildman–Crippen LogP) is 2.19. The first-order valence-corrected chi connectivity index (χ1v) is 5.54. The summed E-state index contributed by atoms with van der Waals surface area (Å²) in [6.45, 7) is 7.49. The van der Waals surface area contributed by atoms with E-state index in [-0.39, 0.29) is 0 Å². The van der Waals surface area contributed by atoms with Crippen LogP contribution in [0.5, 0.6) is 0 Å². The minimum absolute atomic E-state index is 0.408. The fraction of sp³-hybridized carbons (Fsp3) is 1.00. The van der Waals surface area contributed by atoms with E-state index >= 15 is 0 Å². The average Bonchev–Trinajstić information content (AvgIpc) is 2.14. The largest absolute Gasteiger partial charge is 0.378 e. The molecule has 1 N–H and O–H groups in total. The standard InChI is InChI=1S/C11H23NO/c1-5-11(6-2)9(12-4)8-10(11)13-7-3/h9-10,12H,5-8H2,1-4H3/t9-,10-/m1/s1. The lowest BCUT2D eigenvalue weighted by atomic mass is 9.59. The lowest BCUT2D eigenvalue weighted by Gasteiger charge is -2.55. The van der Waals surface area contributed by atoms with Crippen LogP contribution in [0.3, 0.4) is 0 Å². The summed E-state index contributed by atoms with van der Waals surface area (Å²) in [5.74, 6) is 0. The molecule has 1 fully saturated rings. The molecule has 0 amide bonds. The van der Waals surface area contributed by atoms with E-state index in [1.165, 1.54) is 19.3 Å². The van der Waals surface area contributed by atoms with Crippen LogP contribution in [0.1, 0.15) is 40.0 Å². The van der Waals surface area contributed by atoms with E-state index in [2.05, 4.69) is 33.1 Å². The van der Waals surface area contributed by atoms with Gasteiger partial charge >= 0.3 is 0 Å². The monoisotopic (exact) mass is 185 g/mol. The second-order valence-corrected chi connectivity index (χ2v) is 3.96. The third-order valence-corrected chi connectivity index (χ3v) is 3.82. The SMILES string of the molecule is CCO[C@@H]1C[C@@H](NC)C1(CC)CC. The van der Waals surface area contributed by atoms with Crippen LogP contribution >= 0.6 is 0 Å².